The number of hydrogen-bond acceptors (Lipinski definition) is 5. The molecule has 0 aromatic carbocycles. The number of amides is 1. The summed E-state index contributed by atoms with van der Waals surface area (Å²) in [6.07, 6.45) is -1.15. The highest BCUT2D eigenvalue weighted by Gasteiger charge is 2.16. The Hall–Kier alpha value is -1.30. The van der Waals surface area contributed by atoms with Gasteiger partial charge in [0, 0.05) is 6.54 Å². The first-order valence-electron chi connectivity index (χ1n) is 6.05. The highest BCUT2D eigenvalue weighted by Crippen LogP contribution is 2.06. The van der Waals surface area contributed by atoms with Crippen LogP contribution in [0.4, 0.5) is 4.79 Å². The van der Waals surface area contributed by atoms with E-state index in [9.17, 15) is 14.7 Å². The topological polar surface area (TPSA) is 84.9 Å². The lowest BCUT2D eigenvalue weighted by molar-refractivity contribution is -0.145. The van der Waals surface area contributed by atoms with E-state index in [-0.39, 0.29) is 19.4 Å². The Labute approximate surface area is 108 Å². The third kappa shape index (κ3) is 9.89. The predicted octanol–water partition coefficient (Wildman–Crippen LogP) is 1.22. The van der Waals surface area contributed by atoms with Crippen LogP contribution in [0.2, 0.25) is 0 Å². The Kier molecular flexibility index (Phi) is 7.35. The van der Waals surface area contributed by atoms with Gasteiger partial charge in [-0.2, -0.15) is 0 Å². The van der Waals surface area contributed by atoms with Crippen LogP contribution < -0.4 is 5.32 Å². The molecule has 106 valence electrons. The minimum atomic E-state index is -0.820. The molecule has 0 saturated heterocycles. The maximum atomic E-state index is 11.3. The third-order valence-electron chi connectivity index (χ3n) is 1.85. The molecular weight excluding hydrogens is 238 g/mol. The van der Waals surface area contributed by atoms with E-state index in [1.807, 2.05) is 0 Å². The van der Waals surface area contributed by atoms with Crippen molar-refractivity contribution < 1.29 is 24.2 Å². The highest BCUT2D eigenvalue weighted by atomic mass is 16.6. The summed E-state index contributed by atoms with van der Waals surface area (Å²) in [4.78, 5) is 22.3. The summed E-state index contributed by atoms with van der Waals surface area (Å²) in [5.74, 6) is -0.442. The molecular formula is C12H23NO5. The molecule has 0 rings (SSSR count). The Morgan fingerprint density at radius 1 is 1.33 bits per heavy atom. The number of nitrogens with one attached hydrogen (secondary N) is 1. The Bertz CT molecular complexity index is 272. The highest BCUT2D eigenvalue weighted by molar-refractivity contribution is 5.70. The van der Waals surface area contributed by atoms with Crippen LogP contribution >= 0.6 is 0 Å². The number of alkyl carbamates (subject to hydrolysis) is 1. The molecule has 0 bridgehead atoms. The fourth-order valence-electron chi connectivity index (χ4n) is 1.17. The zero-order valence-electron chi connectivity index (χ0n) is 11.5. The summed E-state index contributed by atoms with van der Waals surface area (Å²) in [7, 11) is 0. The van der Waals surface area contributed by atoms with Crippen molar-refractivity contribution in [2.75, 3.05) is 13.2 Å². The molecule has 1 atom stereocenters. The molecule has 0 unspecified atom stereocenters. The molecule has 0 aliphatic carbocycles. The molecule has 18 heavy (non-hydrogen) atoms. The van der Waals surface area contributed by atoms with Crippen molar-refractivity contribution in [3.8, 4) is 0 Å². The average Bonchev–Trinajstić information content (AvgIpc) is 2.14. The van der Waals surface area contributed by atoms with Gasteiger partial charge in [-0.15, -0.1) is 0 Å². The molecule has 6 heteroatoms. The number of aliphatic hydroxyl groups excluding tert-OH is 1. The predicted molar refractivity (Wildman–Crippen MR) is 66.1 cm³/mol. The van der Waals surface area contributed by atoms with Crippen LogP contribution in [0.15, 0.2) is 0 Å². The first kappa shape index (κ1) is 16.7. The second kappa shape index (κ2) is 7.92. The molecule has 0 spiro atoms. The first-order valence-corrected chi connectivity index (χ1v) is 6.05. The lowest BCUT2D eigenvalue weighted by Crippen LogP contribution is -2.34. The molecule has 0 radical (unpaired) electrons. The fraction of sp³-hybridized carbons (Fsp3) is 0.833. The van der Waals surface area contributed by atoms with Gasteiger partial charge in [0.05, 0.1) is 19.1 Å². The quantitative estimate of drug-likeness (QED) is 0.702. The van der Waals surface area contributed by atoms with Crippen molar-refractivity contribution in [1.82, 2.24) is 5.32 Å². The van der Waals surface area contributed by atoms with Crippen LogP contribution in [-0.2, 0) is 14.3 Å². The molecule has 2 N–H and O–H groups in total. The SMILES string of the molecule is CCOC(=O)C[C@@H](O)CCNC(=O)OC(C)(C)C. The van der Waals surface area contributed by atoms with Crippen LogP contribution in [0.25, 0.3) is 0 Å². The number of carbonyl (C=O) groups excluding carboxylic acids is 2. The van der Waals surface area contributed by atoms with Crippen molar-refractivity contribution in [2.24, 2.45) is 0 Å². The summed E-state index contributed by atoms with van der Waals surface area (Å²) in [5.41, 5.74) is -0.548. The summed E-state index contributed by atoms with van der Waals surface area (Å²) in [6, 6.07) is 0. The van der Waals surface area contributed by atoms with Crippen LogP contribution in [0.3, 0.4) is 0 Å². The van der Waals surface area contributed by atoms with Crippen molar-refractivity contribution in [3.05, 3.63) is 0 Å². The zero-order valence-corrected chi connectivity index (χ0v) is 11.5. The van der Waals surface area contributed by atoms with Gasteiger partial charge in [0.2, 0.25) is 0 Å². The Balaban J connectivity index is 3.71. The van der Waals surface area contributed by atoms with Gasteiger partial charge in [-0.25, -0.2) is 4.79 Å². The first-order chi connectivity index (χ1) is 8.24. The van der Waals surface area contributed by atoms with E-state index in [4.69, 9.17) is 9.47 Å². The van der Waals surface area contributed by atoms with E-state index in [0.717, 1.165) is 0 Å². The number of aliphatic hydroxyl groups is 1. The summed E-state index contributed by atoms with van der Waals surface area (Å²) >= 11 is 0. The van der Waals surface area contributed by atoms with Crippen LogP contribution in [0.1, 0.15) is 40.5 Å². The molecule has 0 heterocycles. The van der Waals surface area contributed by atoms with Crippen LogP contribution in [-0.4, -0.2) is 42.0 Å². The normalized spacial score (nSPS) is 12.7. The lowest BCUT2D eigenvalue weighted by atomic mass is 10.2. The van der Waals surface area contributed by atoms with E-state index >= 15 is 0 Å². The van der Waals surface area contributed by atoms with Gasteiger partial charge in [-0.05, 0) is 34.1 Å². The number of carbonyl (C=O) groups is 2. The van der Waals surface area contributed by atoms with Gasteiger partial charge < -0.3 is 19.9 Å². The van der Waals surface area contributed by atoms with Gasteiger partial charge in [0.25, 0.3) is 0 Å². The molecule has 0 aliphatic rings. The maximum Gasteiger partial charge on any atom is 0.407 e. The minimum Gasteiger partial charge on any atom is -0.466 e. The monoisotopic (exact) mass is 261 g/mol. The van der Waals surface area contributed by atoms with Crippen molar-refractivity contribution in [3.63, 3.8) is 0 Å². The van der Waals surface area contributed by atoms with E-state index < -0.39 is 23.8 Å². The van der Waals surface area contributed by atoms with Gasteiger partial charge in [0.15, 0.2) is 0 Å². The minimum absolute atomic E-state index is 0.0656. The molecule has 0 saturated carbocycles. The van der Waals surface area contributed by atoms with Crippen LogP contribution in [0.5, 0.6) is 0 Å². The van der Waals surface area contributed by atoms with Gasteiger partial charge in [-0.1, -0.05) is 0 Å². The fourth-order valence-corrected chi connectivity index (χ4v) is 1.17. The van der Waals surface area contributed by atoms with E-state index in [2.05, 4.69) is 5.32 Å². The largest absolute Gasteiger partial charge is 0.466 e. The molecule has 0 fully saturated rings. The van der Waals surface area contributed by atoms with E-state index in [0.29, 0.717) is 6.61 Å². The second-order valence-electron chi connectivity index (χ2n) is 4.88. The summed E-state index contributed by atoms with van der Waals surface area (Å²) in [6.45, 7) is 7.54. The molecule has 0 aliphatic heterocycles. The molecule has 1 amide bonds. The third-order valence-corrected chi connectivity index (χ3v) is 1.85. The van der Waals surface area contributed by atoms with E-state index in [1.54, 1.807) is 27.7 Å². The Morgan fingerprint density at radius 2 is 1.94 bits per heavy atom. The summed E-state index contributed by atoms with van der Waals surface area (Å²) in [5, 5.41) is 12.0. The lowest BCUT2D eigenvalue weighted by Gasteiger charge is -2.20. The second-order valence-corrected chi connectivity index (χ2v) is 4.88. The van der Waals surface area contributed by atoms with Crippen molar-refractivity contribution in [2.45, 2.75) is 52.2 Å². The Morgan fingerprint density at radius 3 is 2.44 bits per heavy atom. The van der Waals surface area contributed by atoms with E-state index in [1.165, 1.54) is 0 Å². The van der Waals surface area contributed by atoms with Crippen LogP contribution in [0, 0.1) is 0 Å². The number of rotatable bonds is 6. The van der Waals surface area contributed by atoms with Crippen molar-refractivity contribution >= 4 is 12.1 Å². The standard InChI is InChI=1S/C12H23NO5/c1-5-17-10(15)8-9(14)6-7-13-11(16)18-12(2,3)4/h9,14H,5-8H2,1-4H3,(H,13,16)/t9-/m0/s1. The molecule has 0 aromatic heterocycles. The van der Waals surface area contributed by atoms with Crippen molar-refractivity contribution in [1.29, 1.82) is 0 Å². The zero-order chi connectivity index (χ0) is 14.2. The average molecular weight is 261 g/mol. The maximum absolute atomic E-state index is 11.3. The summed E-state index contributed by atoms with van der Waals surface area (Å²) < 4.78 is 9.71. The number of hydrogen-bond donors (Lipinski definition) is 2. The number of esters is 1. The number of ether oxygens (including phenoxy) is 2. The van der Waals surface area contributed by atoms with Gasteiger partial charge >= 0.3 is 12.1 Å². The van der Waals surface area contributed by atoms with Gasteiger partial charge in [0.1, 0.15) is 5.60 Å². The smallest absolute Gasteiger partial charge is 0.407 e. The van der Waals surface area contributed by atoms with Gasteiger partial charge in [-0.3, -0.25) is 4.79 Å². The molecule has 0 aromatic rings. The molecule has 6 nitrogen and oxygen atoms in total.